The van der Waals surface area contributed by atoms with Gasteiger partial charge in [0, 0.05) is 24.2 Å². The maximum absolute atomic E-state index is 11.1. The highest BCUT2D eigenvalue weighted by Gasteiger charge is 2.19. The van der Waals surface area contributed by atoms with Crippen LogP contribution in [0.15, 0.2) is 6.20 Å². The second kappa shape index (κ2) is 7.61. The lowest BCUT2D eigenvalue weighted by molar-refractivity contribution is -0.142. The van der Waals surface area contributed by atoms with Crippen molar-refractivity contribution in [2.24, 2.45) is 5.41 Å². The first kappa shape index (κ1) is 18.5. The van der Waals surface area contributed by atoms with Gasteiger partial charge in [-0.3, -0.25) is 9.78 Å². The lowest BCUT2D eigenvalue weighted by Gasteiger charge is -2.23. The van der Waals surface area contributed by atoms with Gasteiger partial charge in [-0.25, -0.2) is 0 Å². The Balaban J connectivity index is 3.15. The summed E-state index contributed by atoms with van der Waals surface area (Å²) in [6, 6.07) is 0. The van der Waals surface area contributed by atoms with E-state index in [4.69, 9.17) is 9.47 Å². The van der Waals surface area contributed by atoms with Crippen LogP contribution in [0.1, 0.15) is 64.8 Å². The zero-order valence-corrected chi connectivity index (χ0v) is 14.9. The summed E-state index contributed by atoms with van der Waals surface area (Å²) in [5.74, 6) is 0.553. The normalized spacial score (nSPS) is 11.6. The Morgan fingerprint density at radius 3 is 2.45 bits per heavy atom. The van der Waals surface area contributed by atoms with Crippen LogP contribution >= 0.6 is 0 Å². The maximum Gasteiger partial charge on any atom is 0.302 e. The van der Waals surface area contributed by atoms with E-state index in [2.05, 4.69) is 25.8 Å². The van der Waals surface area contributed by atoms with Gasteiger partial charge in [0.1, 0.15) is 12.4 Å². The van der Waals surface area contributed by atoms with Crippen LogP contribution in [0.3, 0.4) is 0 Å². The molecular weight excluding hydrogens is 278 g/mol. The Hall–Kier alpha value is -1.58. The highest BCUT2D eigenvalue weighted by molar-refractivity contribution is 5.66. The first-order valence-electron chi connectivity index (χ1n) is 7.87. The number of carbonyl (C=O) groups excluding carboxylic acids is 1. The van der Waals surface area contributed by atoms with Gasteiger partial charge in [-0.1, -0.05) is 20.8 Å². The van der Waals surface area contributed by atoms with Crippen molar-refractivity contribution in [2.45, 2.75) is 74.0 Å². The van der Waals surface area contributed by atoms with Crippen molar-refractivity contribution in [3.63, 3.8) is 0 Å². The number of pyridine rings is 1. The monoisotopic (exact) mass is 307 g/mol. The number of rotatable bonds is 6. The Morgan fingerprint density at radius 1 is 1.32 bits per heavy atom. The lowest BCUT2D eigenvalue weighted by Crippen LogP contribution is -2.14. The molecule has 0 aromatic carbocycles. The van der Waals surface area contributed by atoms with Crippen LogP contribution in [0.5, 0.6) is 5.75 Å². The summed E-state index contributed by atoms with van der Waals surface area (Å²) >= 11 is 0. The molecule has 0 N–H and O–H groups in total. The molecule has 4 nitrogen and oxygen atoms in total. The van der Waals surface area contributed by atoms with Gasteiger partial charge in [0.15, 0.2) is 0 Å². The number of aryl methyl sites for hydroxylation is 1. The van der Waals surface area contributed by atoms with Crippen molar-refractivity contribution in [3.8, 4) is 5.75 Å². The predicted octanol–water partition coefficient (Wildman–Crippen LogP) is 4.22. The van der Waals surface area contributed by atoms with E-state index in [-0.39, 0.29) is 24.1 Å². The van der Waals surface area contributed by atoms with Crippen molar-refractivity contribution >= 4 is 5.97 Å². The number of aromatic nitrogens is 1. The molecule has 0 saturated heterocycles. The molecular formula is C18H29NO3. The predicted molar refractivity (Wildman–Crippen MR) is 88.0 cm³/mol. The number of carbonyl (C=O) groups is 1. The van der Waals surface area contributed by atoms with Crippen LogP contribution in [-0.4, -0.2) is 17.1 Å². The fourth-order valence-electron chi connectivity index (χ4n) is 2.15. The van der Waals surface area contributed by atoms with E-state index < -0.39 is 0 Å². The van der Waals surface area contributed by atoms with Gasteiger partial charge in [-0.15, -0.1) is 0 Å². The lowest BCUT2D eigenvalue weighted by atomic mass is 9.87. The van der Waals surface area contributed by atoms with Gasteiger partial charge in [-0.2, -0.15) is 0 Å². The number of ether oxygens (including phenoxy) is 2. The molecule has 0 fully saturated rings. The van der Waals surface area contributed by atoms with E-state index in [1.54, 1.807) is 6.20 Å². The molecule has 1 aromatic rings. The molecule has 1 aromatic heterocycles. The molecule has 0 saturated carbocycles. The van der Waals surface area contributed by atoms with Crippen molar-refractivity contribution < 1.29 is 14.3 Å². The zero-order valence-electron chi connectivity index (χ0n) is 14.9. The fraction of sp³-hybridized carbons (Fsp3) is 0.667. The van der Waals surface area contributed by atoms with E-state index in [0.29, 0.717) is 0 Å². The quantitative estimate of drug-likeness (QED) is 0.738. The SMILES string of the molecule is CC(=O)OCc1cnc(C)c(OC(C)C)c1CCC(C)(C)C. The second-order valence-electron chi connectivity index (χ2n) is 7.18. The minimum atomic E-state index is -0.284. The van der Waals surface area contributed by atoms with E-state index in [9.17, 15) is 4.79 Å². The van der Waals surface area contributed by atoms with Crippen molar-refractivity contribution in [3.05, 3.63) is 23.0 Å². The summed E-state index contributed by atoms with van der Waals surface area (Å²) in [7, 11) is 0. The summed E-state index contributed by atoms with van der Waals surface area (Å²) in [6.07, 6.45) is 3.78. The minimum absolute atomic E-state index is 0.0814. The molecule has 22 heavy (non-hydrogen) atoms. The maximum atomic E-state index is 11.1. The third kappa shape index (κ3) is 6.04. The molecule has 0 atom stereocenters. The van der Waals surface area contributed by atoms with Gasteiger partial charge < -0.3 is 9.47 Å². The summed E-state index contributed by atoms with van der Waals surface area (Å²) in [5.41, 5.74) is 3.15. The molecule has 0 aliphatic rings. The summed E-state index contributed by atoms with van der Waals surface area (Å²) in [4.78, 5) is 15.5. The Labute approximate surface area is 134 Å². The molecule has 1 heterocycles. The van der Waals surface area contributed by atoms with Crippen LogP contribution in [0.4, 0.5) is 0 Å². The van der Waals surface area contributed by atoms with Crippen molar-refractivity contribution in [1.82, 2.24) is 4.98 Å². The average molecular weight is 307 g/mol. The van der Waals surface area contributed by atoms with Crippen molar-refractivity contribution in [1.29, 1.82) is 0 Å². The molecule has 0 aliphatic carbocycles. The minimum Gasteiger partial charge on any atom is -0.489 e. The highest BCUT2D eigenvalue weighted by Crippen LogP contribution is 2.31. The van der Waals surface area contributed by atoms with Gasteiger partial charge >= 0.3 is 5.97 Å². The van der Waals surface area contributed by atoms with Crippen LogP contribution in [0.2, 0.25) is 0 Å². The number of hydrogen-bond donors (Lipinski definition) is 0. The largest absolute Gasteiger partial charge is 0.489 e. The molecule has 0 spiro atoms. The van der Waals surface area contributed by atoms with Crippen LogP contribution in [0.25, 0.3) is 0 Å². The molecule has 0 radical (unpaired) electrons. The fourth-order valence-corrected chi connectivity index (χ4v) is 2.15. The van der Waals surface area contributed by atoms with E-state index in [0.717, 1.165) is 35.4 Å². The van der Waals surface area contributed by atoms with E-state index in [1.807, 2.05) is 20.8 Å². The second-order valence-corrected chi connectivity index (χ2v) is 7.18. The van der Waals surface area contributed by atoms with Gasteiger partial charge in [0.2, 0.25) is 0 Å². The third-order valence-electron chi connectivity index (χ3n) is 3.31. The third-order valence-corrected chi connectivity index (χ3v) is 3.31. The van der Waals surface area contributed by atoms with Gasteiger partial charge in [-0.05, 0) is 39.0 Å². The summed E-state index contributed by atoms with van der Waals surface area (Å²) in [6.45, 7) is 14.3. The van der Waals surface area contributed by atoms with E-state index in [1.165, 1.54) is 6.92 Å². The topological polar surface area (TPSA) is 48.4 Å². The summed E-state index contributed by atoms with van der Waals surface area (Å²) < 4.78 is 11.2. The number of nitrogens with zero attached hydrogens (tertiary/aromatic N) is 1. The standard InChI is InChI=1S/C18H29NO3/c1-12(2)22-17-13(3)19-10-15(11-21-14(4)20)16(17)8-9-18(5,6)7/h10,12H,8-9,11H2,1-7H3. The van der Waals surface area contributed by atoms with Gasteiger partial charge in [0.25, 0.3) is 0 Å². The molecule has 124 valence electrons. The van der Waals surface area contributed by atoms with Crippen LogP contribution in [0, 0.1) is 12.3 Å². The Morgan fingerprint density at radius 2 is 1.95 bits per heavy atom. The zero-order chi connectivity index (χ0) is 16.9. The smallest absolute Gasteiger partial charge is 0.302 e. The molecule has 0 unspecified atom stereocenters. The van der Waals surface area contributed by atoms with E-state index >= 15 is 0 Å². The van der Waals surface area contributed by atoms with Crippen LogP contribution < -0.4 is 4.74 Å². The Bertz CT molecular complexity index is 516. The average Bonchev–Trinajstić information content (AvgIpc) is 2.36. The molecule has 0 aliphatic heterocycles. The summed E-state index contributed by atoms with van der Waals surface area (Å²) in [5, 5.41) is 0. The molecule has 4 heteroatoms. The molecule has 0 bridgehead atoms. The first-order valence-corrected chi connectivity index (χ1v) is 7.87. The molecule has 1 rings (SSSR count). The van der Waals surface area contributed by atoms with Crippen molar-refractivity contribution in [2.75, 3.05) is 0 Å². The highest BCUT2D eigenvalue weighted by atomic mass is 16.5. The number of esters is 1. The molecule has 0 amide bonds. The first-order chi connectivity index (χ1) is 10.1. The Kier molecular flexibility index (Phi) is 6.39. The number of hydrogen-bond acceptors (Lipinski definition) is 4. The van der Waals surface area contributed by atoms with Gasteiger partial charge in [0.05, 0.1) is 11.8 Å². The van der Waals surface area contributed by atoms with Crippen LogP contribution in [-0.2, 0) is 22.6 Å².